The number of hydrogen-bond donors (Lipinski definition) is 2. The fourth-order valence-corrected chi connectivity index (χ4v) is 4.02. The SMILES string of the molecule is CCCC1CC1NS(=O)(=O)c1cc(CN)n(CCC)c1. The Balaban J connectivity index is 2.09. The Kier molecular flexibility index (Phi) is 4.88. The minimum absolute atomic E-state index is 0.121. The van der Waals surface area contributed by atoms with Crippen molar-refractivity contribution in [1.29, 1.82) is 0 Å². The van der Waals surface area contributed by atoms with Crippen LogP contribution in [0.25, 0.3) is 0 Å². The summed E-state index contributed by atoms with van der Waals surface area (Å²) in [6.45, 7) is 5.34. The average molecular weight is 299 g/mol. The Morgan fingerprint density at radius 1 is 1.40 bits per heavy atom. The second-order valence-corrected chi connectivity index (χ2v) is 7.29. The fraction of sp³-hybridized carbons (Fsp3) is 0.714. The number of nitrogens with zero attached hydrogens (tertiary/aromatic N) is 1. The lowest BCUT2D eigenvalue weighted by atomic mass is 10.2. The molecule has 1 aliphatic rings. The zero-order valence-corrected chi connectivity index (χ0v) is 13.1. The Bertz CT molecular complexity index is 551. The molecule has 6 heteroatoms. The summed E-state index contributed by atoms with van der Waals surface area (Å²) in [6, 6.07) is 1.81. The summed E-state index contributed by atoms with van der Waals surface area (Å²) in [4.78, 5) is 0.341. The molecular formula is C14H25N3O2S. The standard InChI is InChI=1S/C14H25N3O2S/c1-3-5-11-7-14(11)16-20(18,19)13-8-12(9-15)17(10-13)6-4-2/h8,10-11,14,16H,3-7,9,15H2,1-2H3. The van der Waals surface area contributed by atoms with Gasteiger partial charge in [-0.05, 0) is 31.2 Å². The van der Waals surface area contributed by atoms with Crippen LogP contribution in [-0.2, 0) is 23.1 Å². The number of aromatic nitrogens is 1. The lowest BCUT2D eigenvalue weighted by Crippen LogP contribution is -2.26. The van der Waals surface area contributed by atoms with Gasteiger partial charge in [0.25, 0.3) is 0 Å². The van der Waals surface area contributed by atoms with Gasteiger partial charge < -0.3 is 10.3 Å². The molecule has 1 aliphatic carbocycles. The van der Waals surface area contributed by atoms with Crippen molar-refractivity contribution >= 4 is 10.0 Å². The van der Waals surface area contributed by atoms with Gasteiger partial charge in [-0.25, -0.2) is 13.1 Å². The van der Waals surface area contributed by atoms with Gasteiger partial charge in [0, 0.05) is 31.0 Å². The Morgan fingerprint density at radius 3 is 2.75 bits per heavy atom. The number of rotatable bonds is 8. The number of hydrogen-bond acceptors (Lipinski definition) is 3. The van der Waals surface area contributed by atoms with Gasteiger partial charge in [0.15, 0.2) is 0 Å². The third-order valence-electron chi connectivity index (χ3n) is 3.83. The van der Waals surface area contributed by atoms with Crippen LogP contribution in [0.4, 0.5) is 0 Å². The molecule has 0 aromatic carbocycles. The highest BCUT2D eigenvalue weighted by Crippen LogP contribution is 2.35. The Morgan fingerprint density at radius 2 is 2.15 bits per heavy atom. The molecule has 2 rings (SSSR count). The first-order chi connectivity index (χ1) is 9.51. The summed E-state index contributed by atoms with van der Waals surface area (Å²) in [5.41, 5.74) is 6.55. The van der Waals surface area contributed by atoms with Gasteiger partial charge in [-0.2, -0.15) is 0 Å². The topological polar surface area (TPSA) is 77.1 Å². The van der Waals surface area contributed by atoms with Gasteiger partial charge in [0.05, 0.1) is 4.90 Å². The van der Waals surface area contributed by atoms with Crippen molar-refractivity contribution in [2.75, 3.05) is 0 Å². The summed E-state index contributed by atoms with van der Waals surface area (Å²) in [5, 5.41) is 0. The van der Waals surface area contributed by atoms with E-state index in [0.717, 1.165) is 37.9 Å². The van der Waals surface area contributed by atoms with Crippen LogP contribution in [-0.4, -0.2) is 19.0 Å². The maximum atomic E-state index is 12.4. The molecule has 2 atom stereocenters. The van der Waals surface area contributed by atoms with Gasteiger partial charge in [-0.3, -0.25) is 0 Å². The Hall–Kier alpha value is -0.850. The molecule has 0 amide bonds. The third kappa shape index (κ3) is 3.42. The second-order valence-electron chi connectivity index (χ2n) is 5.58. The molecule has 0 radical (unpaired) electrons. The lowest BCUT2D eigenvalue weighted by Gasteiger charge is -2.05. The zero-order valence-electron chi connectivity index (χ0n) is 12.3. The molecule has 1 aromatic heterocycles. The highest BCUT2D eigenvalue weighted by Gasteiger charge is 2.39. The minimum Gasteiger partial charge on any atom is -0.349 e. The summed E-state index contributed by atoms with van der Waals surface area (Å²) >= 11 is 0. The highest BCUT2D eigenvalue weighted by atomic mass is 32.2. The largest absolute Gasteiger partial charge is 0.349 e. The molecule has 1 heterocycles. The van der Waals surface area contributed by atoms with E-state index in [9.17, 15) is 8.42 Å². The summed E-state index contributed by atoms with van der Waals surface area (Å²) in [5.74, 6) is 0.515. The fourth-order valence-electron chi connectivity index (χ4n) is 2.64. The molecule has 0 aliphatic heterocycles. The van der Waals surface area contributed by atoms with E-state index >= 15 is 0 Å². The number of aryl methyl sites for hydroxylation is 1. The zero-order chi connectivity index (χ0) is 14.8. The summed E-state index contributed by atoms with van der Waals surface area (Å²) < 4.78 is 29.4. The van der Waals surface area contributed by atoms with E-state index in [1.54, 1.807) is 12.3 Å². The molecule has 114 valence electrons. The van der Waals surface area contributed by atoms with Crippen molar-refractivity contribution in [3.05, 3.63) is 18.0 Å². The smallest absolute Gasteiger partial charge is 0.242 e. The molecular weight excluding hydrogens is 274 g/mol. The quantitative estimate of drug-likeness (QED) is 0.768. The van der Waals surface area contributed by atoms with Crippen molar-refractivity contribution < 1.29 is 8.42 Å². The molecule has 2 unspecified atom stereocenters. The summed E-state index contributed by atoms with van der Waals surface area (Å²) in [7, 11) is -3.40. The molecule has 1 aromatic rings. The number of nitrogens with one attached hydrogen (secondary N) is 1. The normalized spacial score (nSPS) is 22.1. The van der Waals surface area contributed by atoms with E-state index in [1.165, 1.54) is 0 Å². The van der Waals surface area contributed by atoms with Gasteiger partial charge >= 0.3 is 0 Å². The van der Waals surface area contributed by atoms with Gasteiger partial charge in [-0.1, -0.05) is 20.3 Å². The molecule has 20 heavy (non-hydrogen) atoms. The predicted molar refractivity (Wildman–Crippen MR) is 79.7 cm³/mol. The van der Waals surface area contributed by atoms with Gasteiger partial charge in [-0.15, -0.1) is 0 Å². The van der Waals surface area contributed by atoms with Gasteiger partial charge in [0.1, 0.15) is 0 Å². The van der Waals surface area contributed by atoms with E-state index in [1.807, 2.05) is 4.57 Å². The van der Waals surface area contributed by atoms with Crippen LogP contribution in [0.5, 0.6) is 0 Å². The second kappa shape index (κ2) is 6.28. The number of nitrogens with two attached hydrogens (primary N) is 1. The van der Waals surface area contributed by atoms with Crippen molar-refractivity contribution in [3.63, 3.8) is 0 Å². The predicted octanol–water partition coefficient (Wildman–Crippen LogP) is 1.82. The average Bonchev–Trinajstić information content (AvgIpc) is 2.96. The number of sulfonamides is 1. The molecule has 5 nitrogen and oxygen atoms in total. The van der Waals surface area contributed by atoms with Gasteiger partial charge in [0.2, 0.25) is 10.0 Å². The third-order valence-corrected chi connectivity index (χ3v) is 5.29. The van der Waals surface area contributed by atoms with Crippen LogP contribution in [0, 0.1) is 5.92 Å². The van der Waals surface area contributed by atoms with Crippen LogP contribution in [0.15, 0.2) is 17.2 Å². The van der Waals surface area contributed by atoms with Crippen LogP contribution >= 0.6 is 0 Å². The van der Waals surface area contributed by atoms with Crippen LogP contribution < -0.4 is 10.5 Å². The molecule has 1 fully saturated rings. The summed E-state index contributed by atoms with van der Waals surface area (Å²) in [6.07, 6.45) is 5.82. The molecule has 0 saturated heterocycles. The first kappa shape index (κ1) is 15.5. The van der Waals surface area contributed by atoms with E-state index in [0.29, 0.717) is 17.4 Å². The van der Waals surface area contributed by atoms with E-state index in [4.69, 9.17) is 5.73 Å². The molecule has 3 N–H and O–H groups in total. The van der Waals surface area contributed by atoms with Crippen molar-refractivity contribution in [3.8, 4) is 0 Å². The first-order valence-electron chi connectivity index (χ1n) is 7.43. The van der Waals surface area contributed by atoms with E-state index < -0.39 is 10.0 Å². The molecule has 0 spiro atoms. The molecule has 0 bridgehead atoms. The van der Waals surface area contributed by atoms with Crippen LogP contribution in [0.2, 0.25) is 0 Å². The van der Waals surface area contributed by atoms with Crippen LogP contribution in [0.3, 0.4) is 0 Å². The highest BCUT2D eigenvalue weighted by molar-refractivity contribution is 7.89. The van der Waals surface area contributed by atoms with Crippen molar-refractivity contribution in [2.24, 2.45) is 11.7 Å². The minimum atomic E-state index is -3.40. The maximum Gasteiger partial charge on any atom is 0.242 e. The lowest BCUT2D eigenvalue weighted by molar-refractivity contribution is 0.572. The van der Waals surface area contributed by atoms with E-state index in [-0.39, 0.29) is 6.04 Å². The van der Waals surface area contributed by atoms with Crippen molar-refractivity contribution in [2.45, 2.75) is 63.6 Å². The van der Waals surface area contributed by atoms with Crippen molar-refractivity contribution in [1.82, 2.24) is 9.29 Å². The first-order valence-corrected chi connectivity index (χ1v) is 8.91. The van der Waals surface area contributed by atoms with Crippen LogP contribution in [0.1, 0.15) is 45.2 Å². The van der Waals surface area contributed by atoms with E-state index in [2.05, 4.69) is 18.6 Å². The maximum absolute atomic E-state index is 12.4. The Labute approximate surface area is 121 Å². The molecule has 1 saturated carbocycles. The monoisotopic (exact) mass is 299 g/mol.